The van der Waals surface area contributed by atoms with Crippen LogP contribution in [0.4, 0.5) is 5.69 Å². The molecule has 2 aromatic carbocycles. The average Bonchev–Trinajstić information content (AvgIpc) is 2.83. The second-order valence-corrected chi connectivity index (χ2v) is 6.11. The van der Waals surface area contributed by atoms with Gasteiger partial charge in [0, 0.05) is 35.6 Å². The van der Waals surface area contributed by atoms with Crippen LogP contribution >= 0.6 is 11.6 Å². The second-order valence-electron chi connectivity index (χ2n) is 5.68. The van der Waals surface area contributed by atoms with Gasteiger partial charge in [-0.05, 0) is 35.7 Å². The lowest BCUT2D eigenvalue weighted by Crippen LogP contribution is -2.26. The molecule has 0 aliphatic carbocycles. The predicted octanol–water partition coefficient (Wildman–Crippen LogP) is 3.69. The first kappa shape index (κ1) is 13.4. The maximum absolute atomic E-state index is 12.2. The fourth-order valence-electron chi connectivity index (χ4n) is 3.10. The topological polar surface area (TPSA) is 32.3 Å². The average molecular weight is 311 g/mol. The highest BCUT2D eigenvalue weighted by Crippen LogP contribution is 2.34. The number of hydrogen-bond donors (Lipinski definition) is 1. The summed E-state index contributed by atoms with van der Waals surface area (Å²) in [4.78, 5) is 14.4. The summed E-state index contributed by atoms with van der Waals surface area (Å²) in [6.07, 6.45) is 2.97. The lowest BCUT2D eigenvalue weighted by Gasteiger charge is -2.28. The summed E-state index contributed by atoms with van der Waals surface area (Å²) in [5.41, 5.74) is 5.14. The van der Waals surface area contributed by atoms with E-state index in [1.165, 1.54) is 11.1 Å². The molecular formula is C18H15ClN2O. The fourth-order valence-corrected chi connectivity index (χ4v) is 3.27. The van der Waals surface area contributed by atoms with Crippen LogP contribution in [-0.2, 0) is 17.8 Å². The van der Waals surface area contributed by atoms with E-state index in [1.54, 1.807) is 6.07 Å². The minimum absolute atomic E-state index is 0.0591. The zero-order valence-corrected chi connectivity index (χ0v) is 12.7. The predicted molar refractivity (Wildman–Crippen MR) is 88.6 cm³/mol. The molecule has 0 aromatic heterocycles. The minimum atomic E-state index is -0.0591. The van der Waals surface area contributed by atoms with E-state index in [0.29, 0.717) is 10.6 Å². The molecule has 4 heteroatoms. The third-order valence-corrected chi connectivity index (χ3v) is 4.47. The van der Waals surface area contributed by atoms with Gasteiger partial charge in [-0.15, -0.1) is 0 Å². The van der Waals surface area contributed by atoms with Gasteiger partial charge in [0.05, 0.1) is 5.57 Å². The molecule has 0 fully saturated rings. The highest BCUT2D eigenvalue weighted by atomic mass is 35.5. The Labute approximate surface area is 134 Å². The maximum Gasteiger partial charge on any atom is 0.257 e. The second kappa shape index (κ2) is 5.18. The molecule has 3 nitrogen and oxygen atoms in total. The van der Waals surface area contributed by atoms with Crippen molar-refractivity contribution < 1.29 is 4.79 Å². The number of hydrogen-bond acceptors (Lipinski definition) is 2. The number of carbonyl (C=O) groups is 1. The smallest absolute Gasteiger partial charge is 0.257 e. The van der Waals surface area contributed by atoms with Gasteiger partial charge < -0.3 is 10.2 Å². The van der Waals surface area contributed by atoms with Crippen molar-refractivity contribution in [3.8, 4) is 0 Å². The van der Waals surface area contributed by atoms with E-state index in [4.69, 9.17) is 11.6 Å². The Balaban J connectivity index is 1.67. The van der Waals surface area contributed by atoms with Crippen LogP contribution in [0.2, 0.25) is 5.02 Å². The van der Waals surface area contributed by atoms with Gasteiger partial charge >= 0.3 is 0 Å². The first-order valence-corrected chi connectivity index (χ1v) is 7.72. The Kier molecular flexibility index (Phi) is 3.16. The van der Waals surface area contributed by atoms with Crippen LogP contribution in [0.15, 0.2) is 48.7 Å². The Bertz CT molecular complexity index is 797. The van der Waals surface area contributed by atoms with Crippen LogP contribution in [0.25, 0.3) is 5.57 Å². The molecule has 0 radical (unpaired) electrons. The Morgan fingerprint density at radius 3 is 2.82 bits per heavy atom. The summed E-state index contributed by atoms with van der Waals surface area (Å²) < 4.78 is 0. The standard InChI is InChI=1S/C18H15ClN2O/c19-14-5-6-17-15(9-14)16(18(22)20-17)11-21-8-7-12-3-1-2-4-13(12)10-21/h1-6,9,11H,7-8,10H2,(H,20,22)/b16-11+. The van der Waals surface area contributed by atoms with Crippen molar-refractivity contribution in [3.05, 3.63) is 70.4 Å². The number of benzene rings is 2. The molecule has 0 spiro atoms. The summed E-state index contributed by atoms with van der Waals surface area (Å²) in [6.45, 7) is 1.76. The van der Waals surface area contributed by atoms with Gasteiger partial charge in [-0.3, -0.25) is 4.79 Å². The lowest BCUT2D eigenvalue weighted by molar-refractivity contribution is -0.110. The SMILES string of the molecule is O=C1Nc2ccc(Cl)cc2/C1=C\N1CCc2ccccc2C1. The van der Waals surface area contributed by atoms with Crippen molar-refractivity contribution in [2.24, 2.45) is 0 Å². The van der Waals surface area contributed by atoms with Gasteiger partial charge in [0.1, 0.15) is 0 Å². The molecule has 110 valence electrons. The Morgan fingerprint density at radius 2 is 1.95 bits per heavy atom. The third-order valence-electron chi connectivity index (χ3n) is 4.24. The summed E-state index contributed by atoms with van der Waals surface area (Å²) in [6, 6.07) is 14.0. The van der Waals surface area contributed by atoms with Crippen molar-refractivity contribution in [2.45, 2.75) is 13.0 Å². The molecular weight excluding hydrogens is 296 g/mol. The van der Waals surface area contributed by atoms with Crippen LogP contribution < -0.4 is 5.32 Å². The molecule has 2 aliphatic rings. The van der Waals surface area contributed by atoms with Crippen LogP contribution in [0.3, 0.4) is 0 Å². The van der Waals surface area contributed by atoms with Gasteiger partial charge in [0.15, 0.2) is 0 Å². The van der Waals surface area contributed by atoms with Crippen LogP contribution in [0, 0.1) is 0 Å². The van der Waals surface area contributed by atoms with Gasteiger partial charge in [0.2, 0.25) is 0 Å². The molecule has 0 saturated heterocycles. The number of rotatable bonds is 1. The van der Waals surface area contributed by atoms with Gasteiger partial charge in [-0.25, -0.2) is 0 Å². The molecule has 4 rings (SSSR count). The number of carbonyl (C=O) groups excluding carboxylic acids is 1. The van der Waals surface area contributed by atoms with Crippen LogP contribution in [-0.4, -0.2) is 17.4 Å². The fraction of sp³-hybridized carbons (Fsp3) is 0.167. The third kappa shape index (κ3) is 2.28. The van der Waals surface area contributed by atoms with Crippen molar-refractivity contribution in [3.63, 3.8) is 0 Å². The molecule has 2 aliphatic heterocycles. The van der Waals surface area contributed by atoms with Crippen molar-refractivity contribution >= 4 is 28.8 Å². The van der Waals surface area contributed by atoms with E-state index >= 15 is 0 Å². The summed E-state index contributed by atoms with van der Waals surface area (Å²) in [7, 11) is 0. The zero-order valence-electron chi connectivity index (χ0n) is 12.0. The van der Waals surface area contributed by atoms with Crippen molar-refractivity contribution in [1.82, 2.24) is 4.90 Å². The molecule has 0 bridgehead atoms. The quantitative estimate of drug-likeness (QED) is 0.815. The highest BCUT2D eigenvalue weighted by molar-refractivity contribution is 6.34. The molecule has 0 saturated carbocycles. The van der Waals surface area contributed by atoms with Gasteiger partial charge in [-0.1, -0.05) is 35.9 Å². The Hall–Kier alpha value is -2.26. The molecule has 1 N–H and O–H groups in total. The zero-order chi connectivity index (χ0) is 15.1. The normalized spacial score (nSPS) is 18.1. The number of anilines is 1. The number of fused-ring (bicyclic) bond motifs is 2. The first-order valence-electron chi connectivity index (χ1n) is 7.34. The molecule has 2 aromatic rings. The molecule has 1 amide bonds. The number of nitrogens with zero attached hydrogens (tertiary/aromatic N) is 1. The van der Waals surface area contributed by atoms with E-state index < -0.39 is 0 Å². The monoisotopic (exact) mass is 310 g/mol. The summed E-state index contributed by atoms with van der Waals surface area (Å²) >= 11 is 6.07. The van der Waals surface area contributed by atoms with Crippen molar-refractivity contribution in [2.75, 3.05) is 11.9 Å². The number of halogens is 1. The van der Waals surface area contributed by atoms with Gasteiger partial charge in [-0.2, -0.15) is 0 Å². The van der Waals surface area contributed by atoms with E-state index in [9.17, 15) is 4.79 Å². The largest absolute Gasteiger partial charge is 0.372 e. The summed E-state index contributed by atoms with van der Waals surface area (Å²) in [5, 5.41) is 3.53. The number of amides is 1. The minimum Gasteiger partial charge on any atom is -0.372 e. The van der Waals surface area contributed by atoms with E-state index in [1.807, 2.05) is 18.3 Å². The van der Waals surface area contributed by atoms with Crippen molar-refractivity contribution in [1.29, 1.82) is 0 Å². The first-order chi connectivity index (χ1) is 10.7. The lowest BCUT2D eigenvalue weighted by atomic mass is 10.00. The molecule has 0 unspecified atom stereocenters. The van der Waals surface area contributed by atoms with Crippen LogP contribution in [0.1, 0.15) is 16.7 Å². The molecule has 0 atom stereocenters. The molecule has 2 heterocycles. The molecule has 22 heavy (non-hydrogen) atoms. The summed E-state index contributed by atoms with van der Waals surface area (Å²) in [5.74, 6) is -0.0591. The van der Waals surface area contributed by atoms with Gasteiger partial charge in [0.25, 0.3) is 5.91 Å². The Morgan fingerprint density at radius 1 is 1.14 bits per heavy atom. The van der Waals surface area contributed by atoms with E-state index in [2.05, 4.69) is 34.5 Å². The van der Waals surface area contributed by atoms with E-state index in [0.717, 1.165) is 30.8 Å². The highest BCUT2D eigenvalue weighted by Gasteiger charge is 2.25. The van der Waals surface area contributed by atoms with E-state index in [-0.39, 0.29) is 5.91 Å². The maximum atomic E-state index is 12.2. The van der Waals surface area contributed by atoms with Crippen LogP contribution in [0.5, 0.6) is 0 Å². The number of nitrogens with one attached hydrogen (secondary N) is 1.